The van der Waals surface area contributed by atoms with Gasteiger partial charge in [0.2, 0.25) is 0 Å². The zero-order valence-electron chi connectivity index (χ0n) is 10.3. The Kier molecular flexibility index (Phi) is 3.33. The molecule has 0 amide bonds. The van der Waals surface area contributed by atoms with Gasteiger partial charge in [0.25, 0.3) is 0 Å². The van der Waals surface area contributed by atoms with Crippen LogP contribution in [0.5, 0.6) is 5.75 Å². The predicted molar refractivity (Wildman–Crippen MR) is 70.1 cm³/mol. The summed E-state index contributed by atoms with van der Waals surface area (Å²) in [4.78, 5) is 11.0. The van der Waals surface area contributed by atoms with Gasteiger partial charge in [-0.15, -0.1) is 0 Å². The van der Waals surface area contributed by atoms with E-state index in [9.17, 15) is 4.79 Å². The van der Waals surface area contributed by atoms with Gasteiger partial charge in [0.15, 0.2) is 0 Å². The van der Waals surface area contributed by atoms with E-state index >= 15 is 0 Å². The SMILES string of the molecule is COc1c(C)cccc1-c1cccc(C(=O)O)c1. The quantitative estimate of drug-likeness (QED) is 0.897. The van der Waals surface area contributed by atoms with Gasteiger partial charge in [-0.05, 0) is 30.2 Å². The maximum atomic E-state index is 11.0. The van der Waals surface area contributed by atoms with E-state index in [1.165, 1.54) is 0 Å². The predicted octanol–water partition coefficient (Wildman–Crippen LogP) is 3.37. The molecule has 0 fully saturated rings. The molecule has 0 aromatic heterocycles. The third-order valence-corrected chi connectivity index (χ3v) is 2.84. The Hall–Kier alpha value is -2.29. The van der Waals surface area contributed by atoms with Crippen LogP contribution in [0, 0.1) is 6.92 Å². The summed E-state index contributed by atoms with van der Waals surface area (Å²) in [7, 11) is 1.62. The highest BCUT2D eigenvalue weighted by molar-refractivity contribution is 5.89. The maximum absolute atomic E-state index is 11.0. The number of carboxylic acid groups (broad SMARTS) is 1. The van der Waals surface area contributed by atoms with Crippen LogP contribution in [0.4, 0.5) is 0 Å². The fourth-order valence-electron chi connectivity index (χ4n) is 1.97. The maximum Gasteiger partial charge on any atom is 0.335 e. The van der Waals surface area contributed by atoms with Crippen LogP contribution in [0.2, 0.25) is 0 Å². The molecule has 0 bridgehead atoms. The Morgan fingerprint density at radius 3 is 2.56 bits per heavy atom. The Morgan fingerprint density at radius 2 is 1.89 bits per heavy atom. The first-order valence-electron chi connectivity index (χ1n) is 5.61. The molecule has 0 saturated heterocycles. The van der Waals surface area contributed by atoms with Crippen LogP contribution in [0.3, 0.4) is 0 Å². The second-order valence-electron chi connectivity index (χ2n) is 4.04. The van der Waals surface area contributed by atoms with Crippen LogP contribution in [0.15, 0.2) is 42.5 Å². The van der Waals surface area contributed by atoms with Crippen LogP contribution in [0.1, 0.15) is 15.9 Å². The summed E-state index contributed by atoms with van der Waals surface area (Å²) in [6.07, 6.45) is 0. The van der Waals surface area contributed by atoms with Gasteiger partial charge in [0.05, 0.1) is 12.7 Å². The summed E-state index contributed by atoms with van der Waals surface area (Å²) >= 11 is 0. The Balaban J connectivity index is 2.58. The van der Waals surface area contributed by atoms with Crippen LogP contribution in [-0.4, -0.2) is 18.2 Å². The molecule has 3 heteroatoms. The van der Waals surface area contributed by atoms with Crippen LogP contribution < -0.4 is 4.74 Å². The number of hydrogen-bond acceptors (Lipinski definition) is 2. The van der Waals surface area contributed by atoms with Crippen molar-refractivity contribution >= 4 is 5.97 Å². The molecule has 2 aromatic rings. The van der Waals surface area contributed by atoms with E-state index in [-0.39, 0.29) is 5.56 Å². The first kappa shape index (κ1) is 12.2. The number of aromatic carboxylic acids is 1. The molecule has 0 aliphatic rings. The third-order valence-electron chi connectivity index (χ3n) is 2.84. The number of carbonyl (C=O) groups is 1. The lowest BCUT2D eigenvalue weighted by atomic mass is 10.00. The average Bonchev–Trinajstić information content (AvgIpc) is 2.38. The van der Waals surface area contributed by atoms with Crippen LogP contribution >= 0.6 is 0 Å². The highest BCUT2D eigenvalue weighted by atomic mass is 16.5. The van der Waals surface area contributed by atoms with Crippen molar-refractivity contribution in [3.63, 3.8) is 0 Å². The Bertz CT molecular complexity index is 588. The molecule has 0 atom stereocenters. The van der Waals surface area contributed by atoms with E-state index in [0.29, 0.717) is 0 Å². The average molecular weight is 242 g/mol. The minimum Gasteiger partial charge on any atom is -0.496 e. The Labute approximate surface area is 106 Å². The summed E-state index contributed by atoms with van der Waals surface area (Å²) < 4.78 is 5.38. The van der Waals surface area contributed by atoms with Gasteiger partial charge in [0.1, 0.15) is 5.75 Å². The summed E-state index contributed by atoms with van der Waals surface area (Å²) in [5, 5.41) is 9.01. The number of para-hydroxylation sites is 1. The fourth-order valence-corrected chi connectivity index (χ4v) is 1.97. The third kappa shape index (κ3) is 2.20. The fraction of sp³-hybridized carbons (Fsp3) is 0.133. The standard InChI is InChI=1S/C15H14O3/c1-10-5-3-8-13(14(10)18-2)11-6-4-7-12(9-11)15(16)17/h3-9H,1-2H3,(H,16,17). The van der Waals surface area contributed by atoms with E-state index in [1.54, 1.807) is 25.3 Å². The van der Waals surface area contributed by atoms with Gasteiger partial charge in [-0.25, -0.2) is 4.79 Å². The van der Waals surface area contributed by atoms with Gasteiger partial charge >= 0.3 is 5.97 Å². The molecule has 0 heterocycles. The van der Waals surface area contributed by atoms with Gasteiger partial charge < -0.3 is 9.84 Å². The molecular formula is C15H14O3. The number of aryl methyl sites for hydroxylation is 1. The summed E-state index contributed by atoms with van der Waals surface area (Å²) in [5.41, 5.74) is 3.04. The number of methoxy groups -OCH3 is 1. The van der Waals surface area contributed by atoms with Gasteiger partial charge in [-0.3, -0.25) is 0 Å². The van der Waals surface area contributed by atoms with E-state index < -0.39 is 5.97 Å². The van der Waals surface area contributed by atoms with Crippen molar-refractivity contribution in [3.05, 3.63) is 53.6 Å². The molecule has 0 radical (unpaired) electrons. The van der Waals surface area contributed by atoms with Crippen molar-refractivity contribution < 1.29 is 14.6 Å². The van der Waals surface area contributed by atoms with Crippen LogP contribution in [-0.2, 0) is 0 Å². The topological polar surface area (TPSA) is 46.5 Å². The molecule has 2 rings (SSSR count). The number of hydrogen-bond donors (Lipinski definition) is 1. The number of rotatable bonds is 3. The molecule has 0 spiro atoms. The van der Waals surface area contributed by atoms with Crippen molar-refractivity contribution in [2.24, 2.45) is 0 Å². The number of benzene rings is 2. The van der Waals surface area contributed by atoms with Gasteiger partial charge in [-0.1, -0.05) is 30.3 Å². The monoisotopic (exact) mass is 242 g/mol. The highest BCUT2D eigenvalue weighted by Gasteiger charge is 2.10. The van der Waals surface area contributed by atoms with E-state index in [1.807, 2.05) is 31.2 Å². The van der Waals surface area contributed by atoms with Crippen LogP contribution in [0.25, 0.3) is 11.1 Å². The second-order valence-corrected chi connectivity index (χ2v) is 4.04. The minimum atomic E-state index is -0.927. The second kappa shape index (κ2) is 4.92. The highest BCUT2D eigenvalue weighted by Crippen LogP contribution is 2.32. The van der Waals surface area contributed by atoms with Crippen molar-refractivity contribution in [2.75, 3.05) is 7.11 Å². The van der Waals surface area contributed by atoms with E-state index in [0.717, 1.165) is 22.4 Å². The molecule has 3 nitrogen and oxygen atoms in total. The van der Waals surface area contributed by atoms with E-state index in [2.05, 4.69) is 0 Å². The van der Waals surface area contributed by atoms with Crippen molar-refractivity contribution in [3.8, 4) is 16.9 Å². The molecule has 2 aromatic carbocycles. The first-order valence-corrected chi connectivity index (χ1v) is 5.61. The summed E-state index contributed by atoms with van der Waals surface area (Å²) in [6, 6.07) is 12.7. The number of ether oxygens (including phenoxy) is 1. The van der Waals surface area contributed by atoms with Gasteiger partial charge in [-0.2, -0.15) is 0 Å². The zero-order valence-corrected chi connectivity index (χ0v) is 10.3. The lowest BCUT2D eigenvalue weighted by Crippen LogP contribution is -1.97. The van der Waals surface area contributed by atoms with Crippen molar-refractivity contribution in [1.29, 1.82) is 0 Å². The first-order chi connectivity index (χ1) is 8.63. The van der Waals surface area contributed by atoms with Gasteiger partial charge in [0, 0.05) is 5.56 Å². The molecule has 0 aliphatic carbocycles. The largest absolute Gasteiger partial charge is 0.496 e. The lowest BCUT2D eigenvalue weighted by molar-refractivity contribution is 0.0697. The summed E-state index contributed by atoms with van der Waals surface area (Å²) in [6.45, 7) is 1.96. The summed E-state index contributed by atoms with van der Waals surface area (Å²) in [5.74, 6) is -0.150. The molecule has 0 unspecified atom stereocenters. The smallest absolute Gasteiger partial charge is 0.335 e. The molecule has 0 aliphatic heterocycles. The normalized spacial score (nSPS) is 10.1. The van der Waals surface area contributed by atoms with E-state index in [4.69, 9.17) is 9.84 Å². The molecular weight excluding hydrogens is 228 g/mol. The Morgan fingerprint density at radius 1 is 1.17 bits per heavy atom. The molecule has 0 saturated carbocycles. The minimum absolute atomic E-state index is 0.274. The molecule has 92 valence electrons. The van der Waals surface area contributed by atoms with Crippen molar-refractivity contribution in [1.82, 2.24) is 0 Å². The van der Waals surface area contributed by atoms with Crippen molar-refractivity contribution in [2.45, 2.75) is 6.92 Å². The number of carboxylic acids is 1. The lowest BCUT2D eigenvalue weighted by Gasteiger charge is -2.11. The molecule has 1 N–H and O–H groups in total. The zero-order chi connectivity index (χ0) is 13.1. The molecule has 18 heavy (non-hydrogen) atoms.